The number of oxime groups is 1. The summed E-state index contributed by atoms with van der Waals surface area (Å²) in [7, 11) is 1.49. The van der Waals surface area contributed by atoms with Gasteiger partial charge in [0.15, 0.2) is 5.84 Å². The predicted molar refractivity (Wildman–Crippen MR) is 61.0 cm³/mol. The molecule has 2 unspecified atom stereocenters. The normalized spacial score (nSPS) is 26.6. The van der Waals surface area contributed by atoms with E-state index in [9.17, 15) is 13.2 Å². The van der Waals surface area contributed by atoms with E-state index >= 15 is 0 Å². The summed E-state index contributed by atoms with van der Waals surface area (Å²) in [5.41, 5.74) is 4.44. The third kappa shape index (κ3) is 4.22. The zero-order valence-electron chi connectivity index (χ0n) is 10.5. The molecule has 0 aromatic rings. The number of nitrogens with zero attached hydrogens (tertiary/aromatic N) is 1. The second-order valence-corrected chi connectivity index (χ2v) is 4.44. The average molecular weight is 285 g/mol. The van der Waals surface area contributed by atoms with Crippen molar-refractivity contribution in [2.45, 2.75) is 18.2 Å². The minimum Gasteiger partial charge on any atom is -0.409 e. The Kier molecular flexibility index (Phi) is 5.39. The van der Waals surface area contributed by atoms with Gasteiger partial charge in [-0.25, -0.2) is 0 Å². The van der Waals surface area contributed by atoms with Crippen LogP contribution >= 0.6 is 0 Å². The fourth-order valence-corrected chi connectivity index (χ4v) is 1.86. The number of rotatable bonds is 6. The topological polar surface area (TPSA) is 89.1 Å². The van der Waals surface area contributed by atoms with Crippen molar-refractivity contribution >= 4 is 5.84 Å². The highest BCUT2D eigenvalue weighted by Gasteiger charge is 2.43. The molecule has 0 saturated carbocycles. The molecule has 19 heavy (non-hydrogen) atoms. The van der Waals surface area contributed by atoms with Crippen molar-refractivity contribution in [3.63, 3.8) is 0 Å². The molecule has 6 nitrogen and oxygen atoms in total. The van der Waals surface area contributed by atoms with E-state index in [0.29, 0.717) is 19.6 Å². The standard InChI is InChI=1S/C10H18F3N3O3/c1-18-9(2-3-19-6-9)5-15-4-7(8(14)16-17)10(11,12)13/h7,15,17H,2-6H2,1H3,(H2,14,16). The third-order valence-corrected chi connectivity index (χ3v) is 3.16. The van der Waals surface area contributed by atoms with E-state index in [2.05, 4.69) is 10.5 Å². The Hall–Kier alpha value is -1.06. The molecule has 0 bridgehead atoms. The highest BCUT2D eigenvalue weighted by molar-refractivity contribution is 5.83. The van der Waals surface area contributed by atoms with Crippen LogP contribution in [0.25, 0.3) is 0 Å². The van der Waals surface area contributed by atoms with Gasteiger partial charge in [-0.15, -0.1) is 0 Å². The molecule has 1 aliphatic rings. The van der Waals surface area contributed by atoms with Crippen LogP contribution < -0.4 is 11.1 Å². The second kappa shape index (κ2) is 6.40. The molecule has 112 valence electrons. The highest BCUT2D eigenvalue weighted by atomic mass is 19.4. The van der Waals surface area contributed by atoms with E-state index in [-0.39, 0.29) is 6.54 Å². The summed E-state index contributed by atoms with van der Waals surface area (Å²) < 4.78 is 48.4. The van der Waals surface area contributed by atoms with E-state index in [4.69, 9.17) is 20.4 Å². The summed E-state index contributed by atoms with van der Waals surface area (Å²) in [4.78, 5) is 0. The number of hydrogen-bond donors (Lipinski definition) is 3. The van der Waals surface area contributed by atoms with Gasteiger partial charge in [-0.3, -0.25) is 0 Å². The Labute approximate surface area is 108 Å². The number of ether oxygens (including phenoxy) is 2. The molecule has 9 heteroatoms. The van der Waals surface area contributed by atoms with Gasteiger partial charge in [0.1, 0.15) is 11.5 Å². The molecule has 0 aromatic carbocycles. The molecule has 1 aliphatic heterocycles. The molecule has 1 saturated heterocycles. The number of halogens is 3. The quantitative estimate of drug-likeness (QED) is 0.283. The Bertz CT molecular complexity index is 317. The monoisotopic (exact) mass is 285 g/mol. The van der Waals surface area contributed by atoms with Gasteiger partial charge in [0, 0.05) is 33.2 Å². The van der Waals surface area contributed by atoms with Crippen LogP contribution in [0.4, 0.5) is 13.2 Å². The van der Waals surface area contributed by atoms with Gasteiger partial charge >= 0.3 is 6.18 Å². The fourth-order valence-electron chi connectivity index (χ4n) is 1.86. The lowest BCUT2D eigenvalue weighted by molar-refractivity contribution is -0.155. The van der Waals surface area contributed by atoms with Gasteiger partial charge in [0.25, 0.3) is 0 Å². The number of methoxy groups -OCH3 is 1. The van der Waals surface area contributed by atoms with Crippen LogP contribution in [0.1, 0.15) is 6.42 Å². The van der Waals surface area contributed by atoms with E-state index in [1.807, 2.05) is 0 Å². The number of nitrogens with one attached hydrogen (secondary N) is 1. The number of hydrogen-bond acceptors (Lipinski definition) is 5. The van der Waals surface area contributed by atoms with Gasteiger partial charge in [0.05, 0.1) is 6.61 Å². The lowest BCUT2D eigenvalue weighted by Crippen LogP contribution is -2.48. The maximum atomic E-state index is 12.7. The maximum absolute atomic E-state index is 12.7. The molecule has 1 rings (SSSR count). The first-order chi connectivity index (χ1) is 8.84. The predicted octanol–water partition coefficient (Wildman–Crippen LogP) is 0.306. The molecule has 0 radical (unpaired) electrons. The van der Waals surface area contributed by atoms with Crippen molar-refractivity contribution in [3.05, 3.63) is 0 Å². The number of alkyl halides is 3. The summed E-state index contributed by atoms with van der Waals surface area (Å²) in [6, 6.07) is 0. The van der Waals surface area contributed by atoms with Crippen LogP contribution in [-0.2, 0) is 9.47 Å². The van der Waals surface area contributed by atoms with Crippen LogP contribution in [0.15, 0.2) is 5.16 Å². The second-order valence-electron chi connectivity index (χ2n) is 4.44. The first-order valence-corrected chi connectivity index (χ1v) is 5.72. The van der Waals surface area contributed by atoms with E-state index in [1.165, 1.54) is 7.11 Å². The zero-order chi connectivity index (χ0) is 14.5. The van der Waals surface area contributed by atoms with Crippen LogP contribution in [0.3, 0.4) is 0 Å². The van der Waals surface area contributed by atoms with Gasteiger partial charge in [0.2, 0.25) is 0 Å². The SMILES string of the molecule is COC1(CNCC(C(N)=NO)C(F)(F)F)CCOC1. The number of nitrogens with two attached hydrogens (primary N) is 1. The molecule has 2 atom stereocenters. The van der Waals surface area contributed by atoms with Crippen LogP contribution in [0, 0.1) is 5.92 Å². The average Bonchev–Trinajstić information content (AvgIpc) is 2.81. The summed E-state index contributed by atoms with van der Waals surface area (Å²) in [6.07, 6.45) is -3.97. The zero-order valence-corrected chi connectivity index (χ0v) is 10.5. The molecular formula is C10H18F3N3O3. The summed E-state index contributed by atoms with van der Waals surface area (Å²) in [5, 5.41) is 13.4. The van der Waals surface area contributed by atoms with Crippen molar-refractivity contribution in [2.24, 2.45) is 16.8 Å². The van der Waals surface area contributed by atoms with Crippen molar-refractivity contribution in [1.29, 1.82) is 0 Å². The molecule has 4 N–H and O–H groups in total. The first kappa shape index (κ1) is 16.0. The number of amidine groups is 1. The highest BCUT2D eigenvalue weighted by Crippen LogP contribution is 2.26. The Balaban J connectivity index is 2.53. The van der Waals surface area contributed by atoms with Gasteiger partial charge in [-0.05, 0) is 0 Å². The lowest BCUT2D eigenvalue weighted by Gasteiger charge is -2.27. The third-order valence-electron chi connectivity index (χ3n) is 3.16. The minimum absolute atomic E-state index is 0.203. The van der Waals surface area contributed by atoms with E-state index in [0.717, 1.165) is 0 Å². The summed E-state index contributed by atoms with van der Waals surface area (Å²) >= 11 is 0. The van der Waals surface area contributed by atoms with Crippen molar-refractivity contribution in [2.75, 3.05) is 33.4 Å². The molecule has 0 spiro atoms. The van der Waals surface area contributed by atoms with E-state index < -0.39 is 30.1 Å². The van der Waals surface area contributed by atoms with Crippen LogP contribution in [-0.4, -0.2) is 56.2 Å². The Morgan fingerprint density at radius 2 is 2.32 bits per heavy atom. The van der Waals surface area contributed by atoms with E-state index in [1.54, 1.807) is 0 Å². The molecular weight excluding hydrogens is 267 g/mol. The van der Waals surface area contributed by atoms with Crippen molar-refractivity contribution in [1.82, 2.24) is 5.32 Å². The Morgan fingerprint density at radius 3 is 2.74 bits per heavy atom. The molecule has 0 aromatic heterocycles. The Morgan fingerprint density at radius 1 is 1.63 bits per heavy atom. The van der Waals surface area contributed by atoms with Crippen LogP contribution in [0.5, 0.6) is 0 Å². The minimum atomic E-state index is -4.57. The molecule has 1 heterocycles. The van der Waals surface area contributed by atoms with Gasteiger partial charge in [-0.1, -0.05) is 5.16 Å². The maximum Gasteiger partial charge on any atom is 0.400 e. The molecule has 1 fully saturated rings. The lowest BCUT2D eigenvalue weighted by atomic mass is 10.0. The largest absolute Gasteiger partial charge is 0.409 e. The van der Waals surface area contributed by atoms with Gasteiger partial charge < -0.3 is 25.7 Å². The molecule has 0 aliphatic carbocycles. The smallest absolute Gasteiger partial charge is 0.400 e. The van der Waals surface area contributed by atoms with Crippen molar-refractivity contribution in [3.8, 4) is 0 Å². The summed E-state index contributed by atoms with van der Waals surface area (Å²) in [5.74, 6) is -2.90. The first-order valence-electron chi connectivity index (χ1n) is 5.72. The molecule has 0 amide bonds. The van der Waals surface area contributed by atoms with Gasteiger partial charge in [-0.2, -0.15) is 13.2 Å². The fraction of sp³-hybridized carbons (Fsp3) is 0.900. The summed E-state index contributed by atoms with van der Waals surface area (Å²) in [6.45, 7) is 0.564. The van der Waals surface area contributed by atoms with Crippen molar-refractivity contribution < 1.29 is 27.9 Å². The van der Waals surface area contributed by atoms with Crippen LogP contribution in [0.2, 0.25) is 0 Å².